The maximum Gasteiger partial charge on any atom is 0.243 e. The molecule has 1 saturated heterocycles. The third kappa shape index (κ3) is 5.93. The van der Waals surface area contributed by atoms with E-state index >= 15 is 0 Å². The van der Waals surface area contributed by atoms with Gasteiger partial charge in [-0.2, -0.15) is 4.31 Å². The topological polar surface area (TPSA) is 101 Å². The molecule has 1 heterocycles. The number of piperidine rings is 1. The Bertz CT molecular complexity index is 1100. The van der Waals surface area contributed by atoms with Crippen molar-refractivity contribution < 1.29 is 21.6 Å². The summed E-state index contributed by atoms with van der Waals surface area (Å²) in [4.78, 5) is 13.0. The maximum absolute atomic E-state index is 13.5. The zero-order valence-electron chi connectivity index (χ0n) is 17.6. The SMILES string of the molecule is CC(CS(C)(=O)=O)NC(=O)C1CCC(c2ccccc2)N(S(=O)(=O)c2ccccc2)C1. The second-order valence-electron chi connectivity index (χ2n) is 8.09. The molecule has 9 heteroatoms. The maximum atomic E-state index is 13.5. The molecule has 0 spiro atoms. The zero-order valence-corrected chi connectivity index (χ0v) is 19.3. The molecule has 3 unspecified atom stereocenters. The van der Waals surface area contributed by atoms with Gasteiger partial charge >= 0.3 is 0 Å². The van der Waals surface area contributed by atoms with Crippen molar-refractivity contribution in [2.75, 3.05) is 18.6 Å². The third-order valence-corrected chi connectivity index (χ3v) is 8.38. The van der Waals surface area contributed by atoms with Gasteiger partial charge in [0, 0.05) is 18.8 Å². The van der Waals surface area contributed by atoms with Crippen molar-refractivity contribution in [2.24, 2.45) is 5.92 Å². The summed E-state index contributed by atoms with van der Waals surface area (Å²) in [6, 6.07) is 16.7. The van der Waals surface area contributed by atoms with Gasteiger partial charge in [0.1, 0.15) is 9.84 Å². The molecule has 31 heavy (non-hydrogen) atoms. The van der Waals surface area contributed by atoms with Crippen LogP contribution in [0.3, 0.4) is 0 Å². The van der Waals surface area contributed by atoms with Gasteiger partial charge in [0.2, 0.25) is 15.9 Å². The number of benzene rings is 2. The van der Waals surface area contributed by atoms with Gasteiger partial charge in [-0.05, 0) is 37.5 Å². The predicted octanol–water partition coefficient (Wildman–Crippen LogP) is 2.38. The second-order valence-corrected chi connectivity index (χ2v) is 12.2. The molecule has 2 aromatic carbocycles. The highest BCUT2D eigenvalue weighted by atomic mass is 32.2. The average Bonchev–Trinajstić information content (AvgIpc) is 2.73. The van der Waals surface area contributed by atoms with E-state index in [0.29, 0.717) is 12.8 Å². The molecule has 0 radical (unpaired) electrons. The minimum absolute atomic E-state index is 0.0359. The van der Waals surface area contributed by atoms with Crippen molar-refractivity contribution >= 4 is 25.8 Å². The van der Waals surface area contributed by atoms with E-state index in [0.717, 1.165) is 11.8 Å². The van der Waals surface area contributed by atoms with Crippen molar-refractivity contribution in [2.45, 2.75) is 36.7 Å². The first-order chi connectivity index (χ1) is 14.6. The van der Waals surface area contributed by atoms with Gasteiger partial charge in [0.15, 0.2) is 0 Å². The number of carbonyl (C=O) groups is 1. The van der Waals surface area contributed by atoms with E-state index in [1.165, 1.54) is 4.31 Å². The van der Waals surface area contributed by atoms with Crippen LogP contribution in [0.15, 0.2) is 65.6 Å². The van der Waals surface area contributed by atoms with Gasteiger partial charge in [-0.3, -0.25) is 4.79 Å². The molecule has 0 aliphatic carbocycles. The van der Waals surface area contributed by atoms with Crippen LogP contribution in [-0.4, -0.2) is 51.6 Å². The molecule has 168 valence electrons. The van der Waals surface area contributed by atoms with Crippen LogP contribution in [-0.2, 0) is 24.7 Å². The van der Waals surface area contributed by atoms with Gasteiger partial charge in [-0.25, -0.2) is 16.8 Å². The molecule has 0 bridgehead atoms. The molecule has 3 atom stereocenters. The summed E-state index contributed by atoms with van der Waals surface area (Å²) < 4.78 is 51.3. The number of rotatable bonds is 7. The lowest BCUT2D eigenvalue weighted by Crippen LogP contribution is -2.49. The fourth-order valence-electron chi connectivity index (χ4n) is 4.01. The van der Waals surface area contributed by atoms with Crippen LogP contribution in [0.1, 0.15) is 31.4 Å². The Kier molecular flexibility index (Phi) is 7.18. The van der Waals surface area contributed by atoms with Crippen LogP contribution in [0.25, 0.3) is 0 Å². The summed E-state index contributed by atoms with van der Waals surface area (Å²) in [7, 11) is -7.06. The van der Waals surface area contributed by atoms with Crippen LogP contribution in [0.4, 0.5) is 0 Å². The lowest BCUT2D eigenvalue weighted by molar-refractivity contribution is -0.126. The number of carbonyl (C=O) groups excluding carboxylic acids is 1. The summed E-state index contributed by atoms with van der Waals surface area (Å²) >= 11 is 0. The number of hydrogen-bond acceptors (Lipinski definition) is 5. The number of sulfonamides is 1. The highest BCUT2D eigenvalue weighted by Gasteiger charge is 2.40. The van der Waals surface area contributed by atoms with Crippen LogP contribution >= 0.6 is 0 Å². The van der Waals surface area contributed by atoms with E-state index in [2.05, 4.69) is 5.32 Å². The van der Waals surface area contributed by atoms with E-state index in [-0.39, 0.29) is 29.1 Å². The van der Waals surface area contributed by atoms with E-state index in [1.54, 1.807) is 37.3 Å². The Labute approximate surface area is 184 Å². The Hall–Kier alpha value is -2.23. The first kappa shape index (κ1) is 23.4. The predicted molar refractivity (Wildman–Crippen MR) is 120 cm³/mol. The van der Waals surface area contributed by atoms with Crippen LogP contribution < -0.4 is 5.32 Å². The number of amides is 1. The number of hydrogen-bond donors (Lipinski definition) is 1. The minimum atomic E-state index is -3.83. The summed E-state index contributed by atoms with van der Waals surface area (Å²) in [6.45, 7) is 1.67. The van der Waals surface area contributed by atoms with Crippen molar-refractivity contribution in [1.29, 1.82) is 0 Å². The molecule has 7 nitrogen and oxygen atoms in total. The quantitative estimate of drug-likeness (QED) is 0.678. The molecule has 0 saturated carbocycles. The lowest BCUT2D eigenvalue weighted by Gasteiger charge is -2.38. The Morgan fingerprint density at radius 3 is 2.16 bits per heavy atom. The fraction of sp³-hybridized carbons (Fsp3) is 0.409. The lowest BCUT2D eigenvalue weighted by atomic mass is 9.90. The molecule has 2 aromatic rings. The molecular formula is C22H28N2O5S2. The monoisotopic (exact) mass is 464 g/mol. The van der Waals surface area contributed by atoms with Gasteiger partial charge < -0.3 is 5.32 Å². The average molecular weight is 465 g/mol. The van der Waals surface area contributed by atoms with Crippen molar-refractivity contribution in [3.05, 3.63) is 66.2 Å². The first-order valence-electron chi connectivity index (χ1n) is 10.2. The summed E-state index contributed by atoms with van der Waals surface area (Å²) in [5.41, 5.74) is 0.881. The summed E-state index contributed by atoms with van der Waals surface area (Å²) in [6.07, 6.45) is 2.13. The highest BCUT2D eigenvalue weighted by molar-refractivity contribution is 7.90. The normalized spacial score (nSPS) is 21.4. The fourth-order valence-corrected chi connectivity index (χ4v) is 6.71. The Morgan fingerprint density at radius 2 is 1.58 bits per heavy atom. The Balaban J connectivity index is 1.86. The van der Waals surface area contributed by atoms with Crippen molar-refractivity contribution in [3.8, 4) is 0 Å². The molecule has 1 aliphatic heterocycles. The van der Waals surface area contributed by atoms with Gasteiger partial charge in [-0.1, -0.05) is 48.5 Å². The molecule has 3 rings (SSSR count). The largest absolute Gasteiger partial charge is 0.352 e. The molecule has 0 aromatic heterocycles. The zero-order chi connectivity index (χ0) is 22.6. The van der Waals surface area contributed by atoms with Gasteiger partial charge in [-0.15, -0.1) is 0 Å². The van der Waals surface area contributed by atoms with Gasteiger partial charge in [0.05, 0.1) is 22.6 Å². The molecular weight excluding hydrogens is 436 g/mol. The molecule has 1 N–H and O–H groups in total. The van der Waals surface area contributed by atoms with E-state index in [4.69, 9.17) is 0 Å². The number of nitrogens with one attached hydrogen (secondary N) is 1. The van der Waals surface area contributed by atoms with E-state index < -0.39 is 31.8 Å². The van der Waals surface area contributed by atoms with Crippen LogP contribution in [0.5, 0.6) is 0 Å². The van der Waals surface area contributed by atoms with Gasteiger partial charge in [0.25, 0.3) is 0 Å². The standard InChI is InChI=1S/C22H28N2O5S2/c1-17(16-30(2,26)27)23-22(25)19-13-14-21(18-9-5-3-6-10-18)24(15-19)31(28,29)20-11-7-4-8-12-20/h3-12,17,19,21H,13-16H2,1-2H3,(H,23,25). The summed E-state index contributed by atoms with van der Waals surface area (Å²) in [5, 5.41) is 2.73. The third-order valence-electron chi connectivity index (χ3n) is 5.38. The number of nitrogens with zero attached hydrogens (tertiary/aromatic N) is 1. The molecule has 1 aliphatic rings. The van der Waals surface area contributed by atoms with Crippen molar-refractivity contribution in [3.63, 3.8) is 0 Å². The smallest absolute Gasteiger partial charge is 0.243 e. The van der Waals surface area contributed by atoms with Crippen LogP contribution in [0, 0.1) is 5.92 Å². The van der Waals surface area contributed by atoms with Crippen molar-refractivity contribution in [1.82, 2.24) is 9.62 Å². The second kappa shape index (κ2) is 9.50. The van der Waals surface area contributed by atoms with Crippen LogP contribution in [0.2, 0.25) is 0 Å². The Morgan fingerprint density at radius 1 is 1.00 bits per heavy atom. The first-order valence-corrected chi connectivity index (χ1v) is 13.7. The summed E-state index contributed by atoms with van der Waals surface area (Å²) in [5.74, 6) is -1.04. The minimum Gasteiger partial charge on any atom is -0.352 e. The molecule has 1 amide bonds. The number of sulfone groups is 1. The van der Waals surface area contributed by atoms with E-state index in [1.807, 2.05) is 30.3 Å². The molecule has 1 fully saturated rings. The van der Waals surface area contributed by atoms with E-state index in [9.17, 15) is 21.6 Å². The highest BCUT2D eigenvalue weighted by Crippen LogP contribution is 2.37.